The molecule has 0 radical (unpaired) electrons. The summed E-state index contributed by atoms with van der Waals surface area (Å²) >= 11 is 0. The van der Waals surface area contributed by atoms with Crippen molar-refractivity contribution < 1.29 is 19.1 Å². The Hall–Kier alpha value is -2.25. The normalized spacial score (nSPS) is 22.3. The van der Waals surface area contributed by atoms with Crippen LogP contribution in [0.5, 0.6) is 0 Å². The molecule has 1 saturated carbocycles. The highest BCUT2D eigenvalue weighted by Crippen LogP contribution is 2.29. The SMILES string of the molecule is CCC(=O)[C@H](NC(=O)c1cccc(C2CCCN(C(=O)CNCC3COC3)C2)c1)C1CCCCC1. The Morgan fingerprint density at radius 1 is 1.09 bits per heavy atom. The molecule has 2 saturated heterocycles. The van der Waals surface area contributed by atoms with Crippen LogP contribution in [0.4, 0.5) is 0 Å². The number of carbonyl (C=O) groups is 3. The van der Waals surface area contributed by atoms with E-state index in [-0.39, 0.29) is 29.4 Å². The summed E-state index contributed by atoms with van der Waals surface area (Å²) in [5.74, 6) is 1.07. The third kappa shape index (κ3) is 6.91. The predicted octanol–water partition coefficient (Wildman–Crippen LogP) is 3.29. The molecule has 1 unspecified atom stereocenters. The maximum atomic E-state index is 13.2. The maximum absolute atomic E-state index is 13.2. The van der Waals surface area contributed by atoms with Gasteiger partial charge in [-0.1, -0.05) is 38.3 Å². The van der Waals surface area contributed by atoms with Crippen LogP contribution in [0.2, 0.25) is 0 Å². The van der Waals surface area contributed by atoms with Gasteiger partial charge < -0.3 is 20.3 Å². The molecule has 2 atom stereocenters. The second-order valence-electron chi connectivity index (χ2n) is 10.5. The van der Waals surface area contributed by atoms with Crippen LogP contribution >= 0.6 is 0 Å². The zero-order valence-electron chi connectivity index (χ0n) is 21.1. The molecule has 3 aliphatic rings. The van der Waals surface area contributed by atoms with Crippen LogP contribution in [0, 0.1) is 11.8 Å². The maximum Gasteiger partial charge on any atom is 0.251 e. The number of hydrogen-bond donors (Lipinski definition) is 2. The van der Waals surface area contributed by atoms with Crippen molar-refractivity contribution >= 4 is 17.6 Å². The molecule has 3 fully saturated rings. The molecule has 4 rings (SSSR count). The van der Waals surface area contributed by atoms with E-state index in [9.17, 15) is 14.4 Å². The van der Waals surface area contributed by atoms with E-state index in [1.54, 1.807) is 0 Å². The van der Waals surface area contributed by atoms with E-state index in [2.05, 4.69) is 16.7 Å². The molecule has 1 aliphatic carbocycles. The zero-order valence-corrected chi connectivity index (χ0v) is 21.1. The topological polar surface area (TPSA) is 87.7 Å². The molecule has 7 heteroatoms. The Morgan fingerprint density at radius 2 is 1.89 bits per heavy atom. The minimum Gasteiger partial charge on any atom is -0.381 e. The van der Waals surface area contributed by atoms with Crippen molar-refractivity contribution in [2.75, 3.05) is 39.4 Å². The number of piperidine rings is 1. The fourth-order valence-corrected chi connectivity index (χ4v) is 5.68. The van der Waals surface area contributed by atoms with Crippen LogP contribution in [0.15, 0.2) is 24.3 Å². The zero-order chi connectivity index (χ0) is 24.6. The fourth-order valence-electron chi connectivity index (χ4n) is 5.68. The van der Waals surface area contributed by atoms with Gasteiger partial charge in [0, 0.05) is 43.5 Å². The van der Waals surface area contributed by atoms with Gasteiger partial charge in [0.25, 0.3) is 5.91 Å². The molecule has 1 aromatic rings. The summed E-state index contributed by atoms with van der Waals surface area (Å²) in [5, 5.41) is 6.35. The monoisotopic (exact) mass is 483 g/mol. The summed E-state index contributed by atoms with van der Waals surface area (Å²) in [4.78, 5) is 40.5. The van der Waals surface area contributed by atoms with Crippen molar-refractivity contribution in [1.82, 2.24) is 15.5 Å². The number of hydrogen-bond acceptors (Lipinski definition) is 5. The molecule has 7 nitrogen and oxygen atoms in total. The van der Waals surface area contributed by atoms with Crippen molar-refractivity contribution in [1.29, 1.82) is 0 Å². The van der Waals surface area contributed by atoms with Crippen molar-refractivity contribution in [3.8, 4) is 0 Å². The van der Waals surface area contributed by atoms with Crippen LogP contribution in [0.25, 0.3) is 0 Å². The van der Waals surface area contributed by atoms with E-state index in [4.69, 9.17) is 4.74 Å². The molecule has 2 heterocycles. The molecule has 0 aromatic heterocycles. The second kappa shape index (κ2) is 12.6. The lowest BCUT2D eigenvalue weighted by Crippen LogP contribution is -2.46. The van der Waals surface area contributed by atoms with Crippen LogP contribution in [-0.2, 0) is 14.3 Å². The summed E-state index contributed by atoms with van der Waals surface area (Å²) < 4.78 is 5.19. The summed E-state index contributed by atoms with van der Waals surface area (Å²) in [6.45, 7) is 6.08. The third-order valence-corrected chi connectivity index (χ3v) is 7.91. The predicted molar refractivity (Wildman–Crippen MR) is 135 cm³/mol. The van der Waals surface area contributed by atoms with E-state index < -0.39 is 6.04 Å². The number of ketones is 1. The minimum atomic E-state index is -0.391. The Bertz CT molecular complexity index is 879. The van der Waals surface area contributed by atoms with Gasteiger partial charge in [0.15, 0.2) is 5.78 Å². The first kappa shape index (κ1) is 25.8. The van der Waals surface area contributed by atoms with E-state index in [1.165, 1.54) is 6.42 Å². The van der Waals surface area contributed by atoms with Gasteiger partial charge in [-0.05, 0) is 49.3 Å². The Morgan fingerprint density at radius 3 is 2.60 bits per heavy atom. The molecule has 2 aliphatic heterocycles. The van der Waals surface area contributed by atoms with Gasteiger partial charge in [0.05, 0.1) is 25.8 Å². The smallest absolute Gasteiger partial charge is 0.251 e. The molecule has 2 amide bonds. The van der Waals surface area contributed by atoms with E-state index in [0.29, 0.717) is 31.0 Å². The number of Topliss-reactive ketones (excluding diaryl/α,β-unsaturated/α-hetero) is 1. The van der Waals surface area contributed by atoms with Crippen LogP contribution in [-0.4, -0.2) is 67.9 Å². The van der Waals surface area contributed by atoms with Crippen LogP contribution in [0.1, 0.15) is 80.1 Å². The average Bonchev–Trinajstić information content (AvgIpc) is 2.88. The van der Waals surface area contributed by atoms with Gasteiger partial charge in [-0.15, -0.1) is 0 Å². The van der Waals surface area contributed by atoms with Crippen molar-refractivity contribution in [2.24, 2.45) is 11.8 Å². The van der Waals surface area contributed by atoms with Gasteiger partial charge in [-0.25, -0.2) is 0 Å². The van der Waals surface area contributed by atoms with Gasteiger partial charge in [0.2, 0.25) is 5.91 Å². The lowest BCUT2D eigenvalue weighted by Gasteiger charge is -2.34. The second-order valence-corrected chi connectivity index (χ2v) is 10.5. The fraction of sp³-hybridized carbons (Fsp3) is 0.679. The Kier molecular flexibility index (Phi) is 9.32. The standard InChI is InChI=1S/C28H41N3O4/c1-2-25(32)27(21-8-4-3-5-9-21)30-28(34)23-11-6-10-22(14-23)24-12-7-13-31(17-24)26(33)16-29-15-20-18-35-19-20/h6,10-11,14,20-21,24,27,29H,2-5,7-9,12-13,15-19H2,1H3,(H,30,34)/t24?,27-/m1/s1. The Labute approximate surface area is 209 Å². The molecule has 35 heavy (non-hydrogen) atoms. The van der Waals surface area contributed by atoms with E-state index in [1.807, 2.05) is 30.0 Å². The van der Waals surface area contributed by atoms with Crippen molar-refractivity contribution in [3.63, 3.8) is 0 Å². The lowest BCUT2D eigenvalue weighted by molar-refractivity contribution is -0.131. The number of benzene rings is 1. The van der Waals surface area contributed by atoms with Crippen molar-refractivity contribution in [2.45, 2.75) is 70.3 Å². The van der Waals surface area contributed by atoms with Gasteiger partial charge in [-0.3, -0.25) is 14.4 Å². The van der Waals surface area contributed by atoms with Gasteiger partial charge >= 0.3 is 0 Å². The van der Waals surface area contributed by atoms with Gasteiger partial charge in [0.1, 0.15) is 0 Å². The Balaban J connectivity index is 1.35. The number of amides is 2. The highest BCUT2D eigenvalue weighted by atomic mass is 16.5. The summed E-state index contributed by atoms with van der Waals surface area (Å²) in [5.41, 5.74) is 1.69. The lowest BCUT2D eigenvalue weighted by atomic mass is 9.81. The summed E-state index contributed by atoms with van der Waals surface area (Å²) in [6.07, 6.45) is 7.88. The first-order chi connectivity index (χ1) is 17.0. The third-order valence-electron chi connectivity index (χ3n) is 7.91. The molecule has 2 N–H and O–H groups in total. The first-order valence-electron chi connectivity index (χ1n) is 13.5. The highest BCUT2D eigenvalue weighted by molar-refractivity contribution is 5.98. The van der Waals surface area contributed by atoms with Crippen molar-refractivity contribution in [3.05, 3.63) is 35.4 Å². The molecular weight excluding hydrogens is 442 g/mol. The number of rotatable bonds is 10. The molecular formula is C28H41N3O4. The quantitative estimate of drug-likeness (QED) is 0.533. The van der Waals surface area contributed by atoms with Gasteiger partial charge in [-0.2, -0.15) is 0 Å². The number of likely N-dealkylation sites (tertiary alicyclic amines) is 1. The van der Waals surface area contributed by atoms with Crippen LogP contribution in [0.3, 0.4) is 0 Å². The number of ether oxygens (including phenoxy) is 1. The first-order valence-corrected chi connectivity index (χ1v) is 13.5. The number of nitrogens with zero attached hydrogens (tertiary/aromatic N) is 1. The van der Waals surface area contributed by atoms with E-state index >= 15 is 0 Å². The molecule has 192 valence electrons. The summed E-state index contributed by atoms with van der Waals surface area (Å²) in [6, 6.07) is 7.37. The largest absolute Gasteiger partial charge is 0.381 e. The minimum absolute atomic E-state index is 0.126. The van der Waals surface area contributed by atoms with Crippen LogP contribution < -0.4 is 10.6 Å². The molecule has 0 bridgehead atoms. The number of nitrogens with one attached hydrogen (secondary N) is 2. The average molecular weight is 484 g/mol. The summed E-state index contributed by atoms with van der Waals surface area (Å²) in [7, 11) is 0. The number of carbonyl (C=O) groups excluding carboxylic acids is 3. The van der Waals surface area contributed by atoms with E-state index in [0.717, 1.165) is 70.4 Å². The molecule has 1 aromatic carbocycles. The molecule has 0 spiro atoms. The highest BCUT2D eigenvalue weighted by Gasteiger charge is 2.30.